The summed E-state index contributed by atoms with van der Waals surface area (Å²) in [5.41, 5.74) is 2.96. The Morgan fingerprint density at radius 2 is 1.83 bits per heavy atom. The molecule has 0 unspecified atom stereocenters. The number of carbonyl (C=O) groups is 1. The van der Waals surface area contributed by atoms with Gasteiger partial charge in [-0.05, 0) is 56.4 Å². The molecule has 0 saturated heterocycles. The number of anilines is 1. The normalized spacial score (nSPS) is 19.1. The summed E-state index contributed by atoms with van der Waals surface area (Å²) >= 11 is 0. The molecule has 148 valence electrons. The maximum atomic E-state index is 12.5. The lowest BCUT2D eigenvalue weighted by atomic mass is 9.86. The molecule has 2 aliphatic rings. The predicted octanol–water partition coefficient (Wildman–Crippen LogP) is 3.77. The molecule has 1 N–H and O–H groups in total. The van der Waals surface area contributed by atoms with Gasteiger partial charge in [0.2, 0.25) is 5.91 Å². The van der Waals surface area contributed by atoms with Crippen LogP contribution in [0, 0.1) is 6.92 Å². The van der Waals surface area contributed by atoms with Crippen molar-refractivity contribution in [3.05, 3.63) is 59.5 Å². The van der Waals surface area contributed by atoms with Crippen molar-refractivity contribution in [1.29, 1.82) is 0 Å². The Hall–Kier alpha value is -3.22. The van der Waals surface area contributed by atoms with E-state index in [1.807, 2.05) is 19.1 Å². The molecule has 2 aromatic heterocycles. The fraction of sp³-hybridized carbons (Fsp3) is 0.364. The highest BCUT2D eigenvalue weighted by Crippen LogP contribution is 2.40. The van der Waals surface area contributed by atoms with Crippen molar-refractivity contribution in [2.75, 3.05) is 5.32 Å². The topological polar surface area (TPSA) is 81.9 Å². The highest BCUT2D eigenvalue weighted by Gasteiger charge is 2.33. The van der Waals surface area contributed by atoms with E-state index in [1.54, 1.807) is 23.1 Å². The summed E-state index contributed by atoms with van der Waals surface area (Å²) in [6.45, 7) is 1.96. The number of amides is 1. The number of nitrogens with one attached hydrogen (secondary N) is 1. The molecular weight excluding hydrogens is 366 g/mol. The van der Waals surface area contributed by atoms with Crippen molar-refractivity contribution in [3.63, 3.8) is 0 Å². The van der Waals surface area contributed by atoms with Gasteiger partial charge >= 0.3 is 0 Å². The Labute approximate surface area is 169 Å². The Kier molecular flexibility index (Phi) is 4.50. The van der Waals surface area contributed by atoms with Gasteiger partial charge in [0, 0.05) is 30.3 Å². The highest BCUT2D eigenvalue weighted by atomic mass is 16.5. The third-order valence-electron chi connectivity index (χ3n) is 5.73. The maximum Gasteiger partial charge on any atom is 0.252 e. The molecule has 3 aromatic rings. The second-order valence-electron chi connectivity index (χ2n) is 7.71. The minimum absolute atomic E-state index is 0.0362. The van der Waals surface area contributed by atoms with E-state index < -0.39 is 0 Å². The summed E-state index contributed by atoms with van der Waals surface area (Å²) in [5.74, 6) is 1.90. The molecule has 0 bridgehead atoms. The molecule has 5 rings (SSSR count). The molecule has 0 spiro atoms. The summed E-state index contributed by atoms with van der Waals surface area (Å²) < 4.78 is 7.70. The summed E-state index contributed by atoms with van der Waals surface area (Å²) in [6.07, 6.45) is 8.81. The first-order valence-corrected chi connectivity index (χ1v) is 10.1. The molecule has 1 fully saturated rings. The zero-order valence-electron chi connectivity index (χ0n) is 16.3. The first-order chi connectivity index (χ1) is 14.2. The smallest absolute Gasteiger partial charge is 0.252 e. The van der Waals surface area contributed by atoms with Crippen LogP contribution in [0.1, 0.15) is 54.8 Å². The third-order valence-corrected chi connectivity index (χ3v) is 5.73. The number of carbonyl (C=O) groups excluding carboxylic acids is 1. The van der Waals surface area contributed by atoms with E-state index in [2.05, 4.69) is 32.5 Å². The Morgan fingerprint density at radius 1 is 1.10 bits per heavy atom. The standard InChI is InChI=1S/C22H23N5O2/c1-14-20-18(15-7-9-17(10-8-15)29-16-5-2-3-6-16)13-19(28)25-21(20)27(26-14)22-23-11-4-12-24-22/h4,7-12,16,18H,2-3,5-6,13H2,1H3,(H,25,28)/t18-/m0/s1. The molecule has 1 aliphatic heterocycles. The van der Waals surface area contributed by atoms with Crippen LogP contribution in [0.3, 0.4) is 0 Å². The SMILES string of the molecule is Cc1nn(-c2ncccn2)c2c1[C@H](c1ccc(OC3CCCC3)cc1)CC(=O)N2. The molecular formula is C22H23N5O2. The van der Waals surface area contributed by atoms with Gasteiger partial charge in [-0.15, -0.1) is 0 Å². The number of benzene rings is 1. The first-order valence-electron chi connectivity index (χ1n) is 10.1. The number of rotatable bonds is 4. The molecule has 1 saturated carbocycles. The fourth-order valence-corrected chi connectivity index (χ4v) is 4.35. The number of hydrogen-bond donors (Lipinski definition) is 1. The van der Waals surface area contributed by atoms with Crippen molar-refractivity contribution in [2.24, 2.45) is 0 Å². The van der Waals surface area contributed by atoms with Gasteiger partial charge in [-0.1, -0.05) is 12.1 Å². The van der Waals surface area contributed by atoms with E-state index in [0.29, 0.717) is 24.3 Å². The zero-order chi connectivity index (χ0) is 19.8. The quantitative estimate of drug-likeness (QED) is 0.735. The van der Waals surface area contributed by atoms with Crippen molar-refractivity contribution in [3.8, 4) is 11.7 Å². The van der Waals surface area contributed by atoms with Crippen LogP contribution in [0.5, 0.6) is 5.75 Å². The van der Waals surface area contributed by atoms with Gasteiger partial charge in [0.05, 0.1) is 11.8 Å². The van der Waals surface area contributed by atoms with Gasteiger partial charge in [-0.3, -0.25) is 4.79 Å². The number of fused-ring (bicyclic) bond motifs is 1. The zero-order valence-corrected chi connectivity index (χ0v) is 16.3. The number of ether oxygens (including phenoxy) is 1. The van der Waals surface area contributed by atoms with Crippen LogP contribution in [0.25, 0.3) is 5.95 Å². The molecule has 0 radical (unpaired) electrons. The van der Waals surface area contributed by atoms with Crippen LogP contribution >= 0.6 is 0 Å². The van der Waals surface area contributed by atoms with E-state index in [-0.39, 0.29) is 11.8 Å². The van der Waals surface area contributed by atoms with Gasteiger partial charge in [-0.2, -0.15) is 9.78 Å². The van der Waals surface area contributed by atoms with Crippen LogP contribution < -0.4 is 10.1 Å². The number of nitrogens with zero attached hydrogens (tertiary/aromatic N) is 4. The van der Waals surface area contributed by atoms with E-state index in [9.17, 15) is 4.79 Å². The van der Waals surface area contributed by atoms with Gasteiger partial charge in [-0.25, -0.2) is 9.97 Å². The minimum atomic E-state index is -0.0586. The molecule has 1 aromatic carbocycles. The van der Waals surface area contributed by atoms with Gasteiger partial charge < -0.3 is 10.1 Å². The summed E-state index contributed by atoms with van der Waals surface area (Å²) in [6, 6.07) is 9.91. The van der Waals surface area contributed by atoms with Crippen LogP contribution in [-0.2, 0) is 4.79 Å². The molecule has 7 heteroatoms. The number of hydrogen-bond acceptors (Lipinski definition) is 5. The van der Waals surface area contributed by atoms with Crippen molar-refractivity contribution >= 4 is 11.7 Å². The lowest BCUT2D eigenvalue weighted by Crippen LogP contribution is -2.25. The highest BCUT2D eigenvalue weighted by molar-refractivity contribution is 5.95. The fourth-order valence-electron chi connectivity index (χ4n) is 4.35. The van der Waals surface area contributed by atoms with E-state index in [0.717, 1.165) is 35.4 Å². The summed E-state index contributed by atoms with van der Waals surface area (Å²) in [4.78, 5) is 21.0. The minimum Gasteiger partial charge on any atom is -0.490 e. The van der Waals surface area contributed by atoms with Crippen molar-refractivity contribution in [1.82, 2.24) is 19.7 Å². The number of aromatic nitrogens is 4. The van der Waals surface area contributed by atoms with Crippen LogP contribution in [0.4, 0.5) is 5.82 Å². The predicted molar refractivity (Wildman–Crippen MR) is 108 cm³/mol. The molecule has 1 atom stereocenters. The van der Waals surface area contributed by atoms with Gasteiger partial charge in [0.15, 0.2) is 0 Å². The largest absolute Gasteiger partial charge is 0.490 e. The second-order valence-corrected chi connectivity index (χ2v) is 7.71. The maximum absolute atomic E-state index is 12.5. The Balaban J connectivity index is 1.48. The monoisotopic (exact) mass is 389 g/mol. The van der Waals surface area contributed by atoms with Gasteiger partial charge in [0.25, 0.3) is 5.95 Å². The third kappa shape index (κ3) is 3.37. The second kappa shape index (κ2) is 7.31. The lowest BCUT2D eigenvalue weighted by Gasteiger charge is -2.24. The molecule has 1 aliphatic carbocycles. The molecule has 29 heavy (non-hydrogen) atoms. The van der Waals surface area contributed by atoms with Crippen molar-refractivity contribution in [2.45, 2.75) is 51.0 Å². The van der Waals surface area contributed by atoms with E-state index >= 15 is 0 Å². The number of aryl methyl sites for hydroxylation is 1. The van der Waals surface area contributed by atoms with Crippen LogP contribution in [0.2, 0.25) is 0 Å². The molecule has 7 nitrogen and oxygen atoms in total. The summed E-state index contributed by atoms with van der Waals surface area (Å²) in [7, 11) is 0. The van der Waals surface area contributed by atoms with Crippen LogP contribution in [0.15, 0.2) is 42.7 Å². The average Bonchev–Trinajstić information content (AvgIpc) is 3.36. The average molecular weight is 389 g/mol. The molecule has 1 amide bonds. The first kappa shape index (κ1) is 17.8. The van der Waals surface area contributed by atoms with Gasteiger partial charge in [0.1, 0.15) is 11.6 Å². The Bertz CT molecular complexity index is 1020. The summed E-state index contributed by atoms with van der Waals surface area (Å²) in [5, 5.41) is 7.57. The van der Waals surface area contributed by atoms with Crippen molar-refractivity contribution < 1.29 is 9.53 Å². The van der Waals surface area contributed by atoms with E-state index in [4.69, 9.17) is 4.74 Å². The molecule has 3 heterocycles. The van der Waals surface area contributed by atoms with Crippen LogP contribution in [-0.4, -0.2) is 31.8 Å². The Morgan fingerprint density at radius 3 is 2.55 bits per heavy atom. The van der Waals surface area contributed by atoms with E-state index in [1.165, 1.54) is 12.8 Å². The lowest BCUT2D eigenvalue weighted by molar-refractivity contribution is -0.116.